The lowest BCUT2D eigenvalue weighted by Gasteiger charge is -2.43. The number of carbonyl (C=O) groups is 2. The van der Waals surface area contributed by atoms with Gasteiger partial charge in [-0.1, -0.05) is 27.7 Å². The lowest BCUT2D eigenvalue weighted by molar-refractivity contribution is -0.153. The molecule has 21 heavy (non-hydrogen) atoms. The SMILES string of the molecule is CCC1C(=O)NC(C(C)(C)C)C(=O)N1Cc1cnc(C)s1. The van der Waals surface area contributed by atoms with E-state index in [1.54, 1.807) is 22.4 Å². The second kappa shape index (κ2) is 5.75. The molecule has 2 rings (SSSR count). The van der Waals surface area contributed by atoms with Crippen molar-refractivity contribution in [1.29, 1.82) is 0 Å². The molecular weight excluding hydrogens is 286 g/mol. The van der Waals surface area contributed by atoms with Crippen LogP contribution in [0.3, 0.4) is 0 Å². The summed E-state index contributed by atoms with van der Waals surface area (Å²) < 4.78 is 0. The molecule has 2 atom stereocenters. The van der Waals surface area contributed by atoms with Gasteiger partial charge in [0.1, 0.15) is 12.1 Å². The molecule has 1 N–H and O–H groups in total. The third kappa shape index (κ3) is 3.26. The van der Waals surface area contributed by atoms with Crippen LogP contribution in [-0.4, -0.2) is 33.8 Å². The van der Waals surface area contributed by atoms with Crippen molar-refractivity contribution in [2.24, 2.45) is 5.41 Å². The molecule has 2 heterocycles. The minimum atomic E-state index is -0.471. The first-order valence-electron chi connectivity index (χ1n) is 7.26. The summed E-state index contributed by atoms with van der Waals surface area (Å²) in [7, 11) is 0. The third-order valence-corrected chi connectivity index (χ3v) is 4.64. The summed E-state index contributed by atoms with van der Waals surface area (Å²) in [6.07, 6.45) is 2.41. The zero-order chi connectivity index (χ0) is 15.8. The predicted octanol–water partition coefficient (Wildman–Crippen LogP) is 2.10. The summed E-state index contributed by atoms with van der Waals surface area (Å²) in [5.41, 5.74) is -0.298. The standard InChI is InChI=1S/C15H23N3O2S/c1-6-11-13(19)17-12(15(3,4)5)14(20)18(11)8-10-7-16-9(2)21-10/h7,11-12H,6,8H2,1-5H3,(H,17,19). The van der Waals surface area contributed by atoms with Gasteiger partial charge in [0, 0.05) is 11.1 Å². The van der Waals surface area contributed by atoms with Crippen LogP contribution in [0.25, 0.3) is 0 Å². The molecule has 1 fully saturated rings. The molecule has 0 aromatic carbocycles. The minimum Gasteiger partial charge on any atom is -0.342 e. The van der Waals surface area contributed by atoms with E-state index in [1.165, 1.54) is 0 Å². The summed E-state index contributed by atoms with van der Waals surface area (Å²) >= 11 is 1.57. The molecule has 0 aliphatic carbocycles. The number of hydrogen-bond donors (Lipinski definition) is 1. The highest BCUT2D eigenvalue weighted by Gasteiger charge is 2.44. The normalized spacial score (nSPS) is 23.4. The quantitative estimate of drug-likeness (QED) is 0.930. The van der Waals surface area contributed by atoms with Gasteiger partial charge in [-0.3, -0.25) is 9.59 Å². The van der Waals surface area contributed by atoms with Crippen LogP contribution in [0, 0.1) is 12.3 Å². The van der Waals surface area contributed by atoms with E-state index >= 15 is 0 Å². The fraction of sp³-hybridized carbons (Fsp3) is 0.667. The average Bonchev–Trinajstić information content (AvgIpc) is 2.78. The van der Waals surface area contributed by atoms with Gasteiger partial charge in [-0.25, -0.2) is 4.98 Å². The fourth-order valence-electron chi connectivity index (χ4n) is 2.59. The van der Waals surface area contributed by atoms with Crippen LogP contribution in [0.2, 0.25) is 0 Å². The molecule has 6 heteroatoms. The van der Waals surface area contributed by atoms with Gasteiger partial charge in [0.15, 0.2) is 0 Å². The maximum absolute atomic E-state index is 12.8. The number of thiazole rings is 1. The Morgan fingerprint density at radius 2 is 2.05 bits per heavy atom. The van der Waals surface area contributed by atoms with Gasteiger partial charge >= 0.3 is 0 Å². The Labute approximate surface area is 129 Å². The van der Waals surface area contributed by atoms with E-state index in [2.05, 4.69) is 10.3 Å². The minimum absolute atomic E-state index is 0.00000283. The summed E-state index contributed by atoms with van der Waals surface area (Å²) in [6.45, 7) is 10.2. The molecular formula is C15H23N3O2S. The number of nitrogens with one attached hydrogen (secondary N) is 1. The van der Waals surface area contributed by atoms with Crippen LogP contribution < -0.4 is 5.32 Å². The lowest BCUT2D eigenvalue weighted by Crippen LogP contribution is -2.66. The van der Waals surface area contributed by atoms with E-state index in [-0.39, 0.29) is 17.2 Å². The molecule has 0 spiro atoms. The summed E-state index contributed by atoms with van der Waals surface area (Å²) in [5.74, 6) is -0.0572. The third-order valence-electron chi connectivity index (χ3n) is 3.74. The molecule has 5 nitrogen and oxygen atoms in total. The lowest BCUT2D eigenvalue weighted by atomic mass is 9.83. The number of hydrogen-bond acceptors (Lipinski definition) is 4. The average molecular weight is 309 g/mol. The van der Waals surface area contributed by atoms with E-state index in [1.807, 2.05) is 34.6 Å². The van der Waals surface area contributed by atoms with E-state index in [0.717, 1.165) is 9.88 Å². The van der Waals surface area contributed by atoms with E-state index in [9.17, 15) is 9.59 Å². The number of aromatic nitrogens is 1. The highest BCUT2D eigenvalue weighted by molar-refractivity contribution is 7.11. The van der Waals surface area contributed by atoms with Crippen molar-refractivity contribution >= 4 is 23.2 Å². The Bertz CT molecular complexity index is 547. The van der Waals surface area contributed by atoms with Crippen molar-refractivity contribution in [3.8, 4) is 0 Å². The molecule has 1 aromatic rings. The Morgan fingerprint density at radius 3 is 2.52 bits per heavy atom. The molecule has 1 aliphatic rings. The fourth-order valence-corrected chi connectivity index (χ4v) is 3.38. The van der Waals surface area contributed by atoms with Crippen LogP contribution in [0.15, 0.2) is 6.20 Å². The maximum atomic E-state index is 12.8. The van der Waals surface area contributed by atoms with Crippen molar-refractivity contribution in [2.45, 2.75) is 59.7 Å². The van der Waals surface area contributed by atoms with Crippen molar-refractivity contribution in [3.63, 3.8) is 0 Å². The monoisotopic (exact) mass is 309 g/mol. The molecule has 1 saturated heterocycles. The van der Waals surface area contributed by atoms with Crippen LogP contribution in [0.1, 0.15) is 44.0 Å². The van der Waals surface area contributed by atoms with Crippen LogP contribution in [0.5, 0.6) is 0 Å². The van der Waals surface area contributed by atoms with Gasteiger partial charge in [0.25, 0.3) is 0 Å². The van der Waals surface area contributed by atoms with Crippen LogP contribution in [0.4, 0.5) is 0 Å². The topological polar surface area (TPSA) is 62.3 Å². The second-order valence-corrected chi connectivity index (χ2v) is 7.86. The molecule has 0 radical (unpaired) electrons. The molecule has 1 aliphatic heterocycles. The number of piperazine rings is 1. The van der Waals surface area contributed by atoms with E-state index in [4.69, 9.17) is 0 Å². The highest BCUT2D eigenvalue weighted by atomic mass is 32.1. The van der Waals surface area contributed by atoms with E-state index in [0.29, 0.717) is 13.0 Å². The van der Waals surface area contributed by atoms with Crippen molar-refractivity contribution < 1.29 is 9.59 Å². The predicted molar refractivity (Wildman–Crippen MR) is 82.9 cm³/mol. The summed E-state index contributed by atoms with van der Waals surface area (Å²) in [6, 6.07) is -0.861. The first-order valence-corrected chi connectivity index (χ1v) is 8.08. The molecule has 2 unspecified atom stereocenters. The zero-order valence-electron chi connectivity index (χ0n) is 13.3. The van der Waals surface area contributed by atoms with Crippen LogP contribution in [-0.2, 0) is 16.1 Å². The van der Waals surface area contributed by atoms with Crippen molar-refractivity contribution in [2.75, 3.05) is 0 Å². The zero-order valence-corrected chi connectivity index (χ0v) is 14.1. The van der Waals surface area contributed by atoms with Gasteiger partial charge in [0.05, 0.1) is 11.6 Å². The number of nitrogens with zero attached hydrogens (tertiary/aromatic N) is 2. The highest BCUT2D eigenvalue weighted by Crippen LogP contribution is 2.27. The van der Waals surface area contributed by atoms with Gasteiger partial charge in [0.2, 0.25) is 11.8 Å². The molecule has 1 aromatic heterocycles. The smallest absolute Gasteiger partial charge is 0.246 e. The summed E-state index contributed by atoms with van der Waals surface area (Å²) in [5, 5.41) is 3.86. The van der Waals surface area contributed by atoms with Gasteiger partial charge < -0.3 is 10.2 Å². The Kier molecular flexibility index (Phi) is 4.37. The Hall–Kier alpha value is -1.43. The Balaban J connectivity index is 2.28. The number of amides is 2. The van der Waals surface area contributed by atoms with Gasteiger partial charge in [-0.05, 0) is 18.8 Å². The largest absolute Gasteiger partial charge is 0.342 e. The molecule has 116 valence electrons. The molecule has 0 bridgehead atoms. The first kappa shape index (κ1) is 15.9. The maximum Gasteiger partial charge on any atom is 0.246 e. The molecule has 0 saturated carbocycles. The Morgan fingerprint density at radius 1 is 1.38 bits per heavy atom. The van der Waals surface area contributed by atoms with Crippen molar-refractivity contribution in [1.82, 2.24) is 15.2 Å². The summed E-state index contributed by atoms with van der Waals surface area (Å²) in [4.78, 5) is 32.1. The van der Waals surface area contributed by atoms with Crippen molar-refractivity contribution in [3.05, 3.63) is 16.1 Å². The first-order chi connectivity index (χ1) is 9.74. The number of aryl methyl sites for hydroxylation is 1. The second-order valence-electron chi connectivity index (χ2n) is 6.54. The number of rotatable bonds is 3. The van der Waals surface area contributed by atoms with Crippen LogP contribution >= 0.6 is 11.3 Å². The van der Waals surface area contributed by atoms with Gasteiger partial charge in [-0.15, -0.1) is 11.3 Å². The van der Waals surface area contributed by atoms with Gasteiger partial charge in [-0.2, -0.15) is 0 Å². The van der Waals surface area contributed by atoms with E-state index < -0.39 is 12.1 Å². The number of carbonyl (C=O) groups excluding carboxylic acids is 2. The molecule has 2 amide bonds.